The molecule has 0 saturated heterocycles. The largest absolute Gasteiger partial charge is 0.310 e. The highest BCUT2D eigenvalue weighted by molar-refractivity contribution is 7.19. The number of rotatable bonds is 8. The molecule has 5 aromatic carbocycles. The van der Waals surface area contributed by atoms with Crippen molar-refractivity contribution in [2.24, 2.45) is 5.92 Å². The van der Waals surface area contributed by atoms with Gasteiger partial charge in [0.05, 0.1) is 5.70 Å². The summed E-state index contributed by atoms with van der Waals surface area (Å²) in [4.78, 5) is 5.28. The van der Waals surface area contributed by atoms with Crippen LogP contribution < -0.4 is 4.90 Å². The number of benzene rings is 5. The minimum atomic E-state index is -0.114. The highest BCUT2D eigenvalue weighted by Crippen LogP contribution is 2.62. The molecule has 3 aliphatic carbocycles. The fraction of sp³-hybridized carbons (Fsp3) is 0.154. The first kappa shape index (κ1) is 34.1. The third kappa shape index (κ3) is 5.43. The molecule has 1 aromatic heterocycles. The summed E-state index contributed by atoms with van der Waals surface area (Å²) in [6, 6.07) is 48.8. The van der Waals surface area contributed by atoms with Gasteiger partial charge >= 0.3 is 0 Å². The summed E-state index contributed by atoms with van der Waals surface area (Å²) in [6.45, 7) is 13.6. The van der Waals surface area contributed by atoms with Crippen LogP contribution in [0.3, 0.4) is 0 Å². The van der Waals surface area contributed by atoms with Crippen LogP contribution in [0.1, 0.15) is 61.4 Å². The van der Waals surface area contributed by atoms with Gasteiger partial charge in [0.15, 0.2) is 0 Å². The fourth-order valence-electron chi connectivity index (χ4n) is 9.30. The molecular formula is C52H45NS. The summed E-state index contributed by atoms with van der Waals surface area (Å²) >= 11 is 1.96. The maximum Gasteiger partial charge on any atom is 0.0533 e. The van der Waals surface area contributed by atoms with Crippen molar-refractivity contribution in [3.63, 3.8) is 0 Å². The van der Waals surface area contributed by atoms with Crippen molar-refractivity contribution >= 4 is 22.7 Å². The molecule has 0 saturated carbocycles. The van der Waals surface area contributed by atoms with Gasteiger partial charge in [0.1, 0.15) is 0 Å². The minimum Gasteiger partial charge on any atom is -0.310 e. The molecule has 0 amide bonds. The highest BCUT2D eigenvalue weighted by atomic mass is 32.1. The smallest absolute Gasteiger partial charge is 0.0533 e. The lowest BCUT2D eigenvalue weighted by Crippen LogP contribution is -2.29. The van der Waals surface area contributed by atoms with Gasteiger partial charge in [-0.25, -0.2) is 0 Å². The van der Waals surface area contributed by atoms with Gasteiger partial charge in [-0.2, -0.15) is 0 Å². The Kier molecular flexibility index (Phi) is 8.40. The second-order valence-electron chi connectivity index (χ2n) is 15.8. The average molecular weight is 716 g/mol. The number of fused-ring (bicyclic) bond motifs is 6. The van der Waals surface area contributed by atoms with E-state index in [9.17, 15) is 0 Å². The Hall–Kier alpha value is -5.70. The Morgan fingerprint density at radius 1 is 0.685 bits per heavy atom. The van der Waals surface area contributed by atoms with Gasteiger partial charge in [-0.05, 0) is 85.7 Å². The van der Waals surface area contributed by atoms with E-state index in [0.29, 0.717) is 0 Å². The van der Waals surface area contributed by atoms with Crippen LogP contribution in [0.5, 0.6) is 0 Å². The van der Waals surface area contributed by atoms with Crippen molar-refractivity contribution in [3.8, 4) is 32.0 Å². The van der Waals surface area contributed by atoms with Gasteiger partial charge in [-0.1, -0.05) is 186 Å². The predicted octanol–water partition coefficient (Wildman–Crippen LogP) is 14.1. The van der Waals surface area contributed by atoms with E-state index in [2.05, 4.69) is 203 Å². The molecule has 2 heteroatoms. The van der Waals surface area contributed by atoms with Crippen LogP contribution in [0.4, 0.5) is 5.69 Å². The summed E-state index contributed by atoms with van der Waals surface area (Å²) in [7, 11) is 0. The number of nitrogens with zero attached hydrogens (tertiary/aromatic N) is 1. The molecule has 9 rings (SSSR count). The molecule has 54 heavy (non-hydrogen) atoms. The van der Waals surface area contributed by atoms with Gasteiger partial charge < -0.3 is 4.90 Å². The molecule has 0 spiro atoms. The summed E-state index contributed by atoms with van der Waals surface area (Å²) in [6.07, 6.45) is 15.7. The molecule has 0 N–H and O–H groups in total. The number of allylic oxidation sites excluding steroid dienone is 7. The number of hydrogen-bond acceptors (Lipinski definition) is 2. The van der Waals surface area contributed by atoms with Crippen LogP contribution in [-0.4, -0.2) is 0 Å². The molecule has 0 fully saturated rings. The van der Waals surface area contributed by atoms with Crippen molar-refractivity contribution in [3.05, 3.63) is 216 Å². The highest BCUT2D eigenvalue weighted by Gasteiger charge is 2.50. The average Bonchev–Trinajstić information content (AvgIpc) is 3.80. The molecule has 6 aromatic rings. The molecule has 3 aliphatic rings. The lowest BCUT2D eigenvalue weighted by Gasteiger charge is -2.36. The Morgan fingerprint density at radius 3 is 2.02 bits per heavy atom. The predicted molar refractivity (Wildman–Crippen MR) is 232 cm³/mol. The molecule has 2 atom stereocenters. The topological polar surface area (TPSA) is 3.24 Å². The zero-order valence-electron chi connectivity index (χ0n) is 31.5. The van der Waals surface area contributed by atoms with Crippen LogP contribution in [0.2, 0.25) is 0 Å². The van der Waals surface area contributed by atoms with Crippen LogP contribution in [0.25, 0.3) is 37.7 Å². The number of thiophene rings is 1. The molecule has 1 nitrogen and oxygen atoms in total. The zero-order valence-corrected chi connectivity index (χ0v) is 32.3. The molecule has 0 radical (unpaired) electrons. The van der Waals surface area contributed by atoms with Gasteiger partial charge in [0, 0.05) is 32.5 Å². The van der Waals surface area contributed by atoms with E-state index in [4.69, 9.17) is 0 Å². The summed E-state index contributed by atoms with van der Waals surface area (Å²) in [5.74, 6) is 0.530. The van der Waals surface area contributed by atoms with Gasteiger partial charge in [0.2, 0.25) is 0 Å². The van der Waals surface area contributed by atoms with Crippen molar-refractivity contribution in [1.82, 2.24) is 0 Å². The van der Waals surface area contributed by atoms with E-state index in [-0.39, 0.29) is 22.7 Å². The maximum atomic E-state index is 3.97. The van der Waals surface area contributed by atoms with Crippen LogP contribution in [0.15, 0.2) is 188 Å². The number of anilines is 1. The monoisotopic (exact) mass is 715 g/mol. The molecule has 264 valence electrons. The summed E-state index contributed by atoms with van der Waals surface area (Å²) in [5.41, 5.74) is 15.4. The van der Waals surface area contributed by atoms with Crippen molar-refractivity contribution < 1.29 is 0 Å². The first-order valence-corrected chi connectivity index (χ1v) is 19.9. The number of hydrogen-bond donors (Lipinski definition) is 0. The van der Waals surface area contributed by atoms with Crippen molar-refractivity contribution in [2.45, 2.75) is 44.4 Å². The van der Waals surface area contributed by atoms with E-state index in [1.807, 2.05) is 23.5 Å². The Bertz CT molecular complexity index is 2510. The second-order valence-corrected chi connectivity index (χ2v) is 16.8. The van der Waals surface area contributed by atoms with E-state index < -0.39 is 0 Å². The second kappa shape index (κ2) is 13.3. The molecular weight excluding hydrogens is 671 g/mol. The fourth-order valence-corrected chi connectivity index (χ4v) is 10.8. The summed E-state index contributed by atoms with van der Waals surface area (Å²) in [5, 5.41) is 0. The van der Waals surface area contributed by atoms with Gasteiger partial charge in [-0.15, -0.1) is 11.3 Å². The first-order chi connectivity index (χ1) is 26.3. The lowest BCUT2D eigenvalue weighted by molar-refractivity contribution is 0.393. The Labute approximate surface area is 324 Å². The van der Waals surface area contributed by atoms with Gasteiger partial charge in [-0.3, -0.25) is 0 Å². The maximum absolute atomic E-state index is 3.97. The van der Waals surface area contributed by atoms with Crippen LogP contribution in [-0.2, 0) is 10.8 Å². The van der Waals surface area contributed by atoms with Crippen LogP contribution in [0, 0.1) is 5.92 Å². The Morgan fingerprint density at radius 2 is 1.31 bits per heavy atom. The zero-order chi connectivity index (χ0) is 37.0. The molecule has 0 bridgehead atoms. The third-order valence-electron chi connectivity index (χ3n) is 11.9. The van der Waals surface area contributed by atoms with E-state index in [1.54, 1.807) is 0 Å². The molecule has 2 unspecified atom stereocenters. The molecule has 1 heterocycles. The van der Waals surface area contributed by atoms with Crippen molar-refractivity contribution in [1.29, 1.82) is 0 Å². The van der Waals surface area contributed by atoms with E-state index in [0.717, 1.165) is 16.9 Å². The van der Waals surface area contributed by atoms with Crippen molar-refractivity contribution in [2.75, 3.05) is 4.90 Å². The van der Waals surface area contributed by atoms with E-state index >= 15 is 0 Å². The van der Waals surface area contributed by atoms with Crippen LogP contribution >= 0.6 is 11.3 Å². The van der Waals surface area contributed by atoms with Gasteiger partial charge in [0.25, 0.3) is 0 Å². The minimum absolute atomic E-state index is 0.113. The quantitative estimate of drug-likeness (QED) is 0.142. The lowest BCUT2D eigenvalue weighted by atomic mass is 9.73. The molecule has 0 aliphatic heterocycles. The third-order valence-corrected chi connectivity index (χ3v) is 13.2. The normalized spacial score (nSPS) is 18.8. The van der Waals surface area contributed by atoms with E-state index in [1.165, 1.54) is 60.0 Å². The Balaban J connectivity index is 1.24. The SMILES string of the molecule is C=C/C=C\C=C(/c1ccccc1)N(C1=CC2C(C=C1)c1c(-c3ccccc3)sc(-c3ccccc3)c1C2(C)C)c1ccc2c(c1)C(C)(C)c1ccccc1-2. The standard InChI is InChI=1S/C52H45NS/c1-6-7-11-28-46(35-20-12-8-13-21-35)53(38-29-31-41-40-26-18-19-27-43(40)51(2,3)44(41)33-38)39-30-32-42-45(34-39)52(4,5)48-47(42)49(36-22-14-9-15-23-36)54-50(48)37-24-16-10-17-25-37/h6-34,42,45H,1H2,2-5H3/b11-7-,46-28+. The first-order valence-electron chi connectivity index (χ1n) is 19.1. The summed E-state index contributed by atoms with van der Waals surface area (Å²) < 4.78 is 0.